The summed E-state index contributed by atoms with van der Waals surface area (Å²) < 4.78 is 49.2. The quantitative estimate of drug-likeness (QED) is 0.560. The summed E-state index contributed by atoms with van der Waals surface area (Å²) in [5.41, 5.74) is -4.51. The molecule has 1 unspecified atom stereocenters. The Balaban J connectivity index is 2.31. The lowest BCUT2D eigenvalue weighted by Gasteiger charge is -2.28. The zero-order chi connectivity index (χ0) is 22.7. The van der Waals surface area contributed by atoms with E-state index in [0.29, 0.717) is 12.8 Å². The highest BCUT2D eigenvalue weighted by atomic mass is 35.5. The zero-order valence-electron chi connectivity index (χ0n) is 15.4. The number of amides is 2. The second-order valence-electron chi connectivity index (χ2n) is 5.82. The smallest absolute Gasteiger partial charge is 0.432 e. The number of benzene rings is 2. The normalized spacial score (nSPS) is 13.2. The van der Waals surface area contributed by atoms with Crippen molar-refractivity contribution < 1.29 is 37.3 Å². The van der Waals surface area contributed by atoms with E-state index in [1.165, 1.54) is 18.2 Å². The van der Waals surface area contributed by atoms with Gasteiger partial charge in [0.2, 0.25) is 0 Å². The second kappa shape index (κ2) is 8.99. The first kappa shape index (κ1) is 23.6. The Labute approximate surface area is 178 Å². The van der Waals surface area contributed by atoms with Crippen LogP contribution in [0.5, 0.6) is 5.75 Å². The Bertz CT molecular complexity index is 971. The van der Waals surface area contributed by atoms with Crippen molar-refractivity contribution in [3.05, 3.63) is 52.0 Å². The van der Waals surface area contributed by atoms with Crippen LogP contribution >= 0.6 is 23.2 Å². The maximum Gasteiger partial charge on any atom is 0.432 e. The number of anilines is 2. The molecule has 0 saturated heterocycles. The lowest BCUT2D eigenvalue weighted by Crippen LogP contribution is -2.49. The third-order valence-corrected chi connectivity index (χ3v) is 4.68. The van der Waals surface area contributed by atoms with Gasteiger partial charge in [-0.05, 0) is 30.3 Å². The van der Waals surface area contributed by atoms with Crippen LogP contribution in [0.15, 0.2) is 36.4 Å². The van der Waals surface area contributed by atoms with E-state index in [9.17, 15) is 27.9 Å². The van der Waals surface area contributed by atoms with Crippen LogP contribution in [0, 0.1) is 0 Å². The minimum atomic E-state index is -5.37. The van der Waals surface area contributed by atoms with E-state index >= 15 is 0 Å². The minimum Gasteiger partial charge on any atom is -0.495 e. The Morgan fingerprint density at radius 3 is 2.20 bits per heavy atom. The van der Waals surface area contributed by atoms with E-state index in [1.54, 1.807) is 0 Å². The summed E-state index contributed by atoms with van der Waals surface area (Å²) in [5.74, 6) is -2.17. The van der Waals surface area contributed by atoms with Gasteiger partial charge in [0.25, 0.3) is 5.60 Å². The van der Waals surface area contributed by atoms with Crippen molar-refractivity contribution in [2.45, 2.75) is 11.8 Å². The van der Waals surface area contributed by atoms with Gasteiger partial charge in [-0.1, -0.05) is 29.3 Å². The molecule has 0 bridgehead atoms. The first-order valence-electron chi connectivity index (χ1n) is 8.03. The fourth-order valence-electron chi connectivity index (χ4n) is 2.42. The molecule has 0 saturated carbocycles. The molecule has 2 rings (SSSR count). The van der Waals surface area contributed by atoms with Gasteiger partial charge in [0.1, 0.15) is 5.75 Å². The molecule has 0 heterocycles. The molecule has 0 aromatic heterocycles. The Morgan fingerprint density at radius 2 is 1.67 bits per heavy atom. The molecule has 0 aliphatic carbocycles. The van der Waals surface area contributed by atoms with E-state index in [4.69, 9.17) is 27.9 Å². The lowest BCUT2D eigenvalue weighted by molar-refractivity contribution is -0.266. The molecule has 0 aliphatic rings. The summed E-state index contributed by atoms with van der Waals surface area (Å²) in [6, 6.07) is 6.17. The summed E-state index contributed by atoms with van der Waals surface area (Å²) in [7, 11) is 1.84. The highest BCUT2D eigenvalue weighted by Gasteiger charge is 2.62. The molecule has 7 nitrogen and oxygen atoms in total. The first-order valence-corrected chi connectivity index (χ1v) is 8.78. The molecule has 162 valence electrons. The van der Waals surface area contributed by atoms with Crippen LogP contribution in [-0.2, 0) is 15.1 Å². The van der Waals surface area contributed by atoms with Crippen molar-refractivity contribution in [3.63, 3.8) is 0 Å². The number of nitrogens with one attached hydrogen (secondary N) is 2. The SMILES string of the molecule is COC(=O)C(O)(c1ccc(NC(=O)Nc2ccc(Cl)c(Cl)c2)c(OC)c1)C(F)(F)F. The maximum atomic E-state index is 13.4. The number of hydrogen-bond donors (Lipinski definition) is 3. The summed E-state index contributed by atoms with van der Waals surface area (Å²) in [6.07, 6.45) is -5.37. The molecule has 0 fully saturated rings. The molecule has 0 radical (unpaired) electrons. The van der Waals surface area contributed by atoms with Crippen LogP contribution < -0.4 is 15.4 Å². The highest BCUT2D eigenvalue weighted by Crippen LogP contribution is 2.42. The van der Waals surface area contributed by atoms with Crippen LogP contribution in [-0.4, -0.2) is 37.5 Å². The highest BCUT2D eigenvalue weighted by molar-refractivity contribution is 6.42. The number of alkyl halides is 3. The summed E-state index contributed by atoms with van der Waals surface area (Å²) >= 11 is 11.7. The van der Waals surface area contributed by atoms with Gasteiger partial charge in [-0.15, -0.1) is 0 Å². The number of halogens is 5. The molecule has 3 N–H and O–H groups in total. The monoisotopic (exact) mass is 466 g/mol. The fourth-order valence-corrected chi connectivity index (χ4v) is 2.72. The van der Waals surface area contributed by atoms with Crippen LogP contribution in [0.3, 0.4) is 0 Å². The van der Waals surface area contributed by atoms with Crippen LogP contribution in [0.4, 0.5) is 29.3 Å². The molecule has 2 aromatic carbocycles. The number of methoxy groups -OCH3 is 2. The molecule has 30 heavy (non-hydrogen) atoms. The van der Waals surface area contributed by atoms with Crippen molar-refractivity contribution in [2.75, 3.05) is 24.9 Å². The largest absolute Gasteiger partial charge is 0.495 e. The molecular weight excluding hydrogens is 452 g/mol. The third-order valence-electron chi connectivity index (χ3n) is 3.94. The van der Waals surface area contributed by atoms with Crippen molar-refractivity contribution in [1.29, 1.82) is 0 Å². The number of carbonyl (C=O) groups is 2. The standard InChI is InChI=1S/C18H15Cl2F3N2O5/c1-29-14-7-9(17(28,15(26)30-2)18(21,22)23)3-6-13(14)25-16(27)24-10-4-5-11(19)12(20)8-10/h3-8,28H,1-2H3,(H2,24,25,27). The molecule has 12 heteroatoms. The number of urea groups is 1. The average molecular weight is 467 g/mol. The molecule has 0 aliphatic heterocycles. The van der Waals surface area contributed by atoms with Gasteiger partial charge in [0.15, 0.2) is 0 Å². The zero-order valence-corrected chi connectivity index (χ0v) is 16.9. The lowest BCUT2D eigenvalue weighted by atomic mass is 9.92. The van der Waals surface area contributed by atoms with Crippen LogP contribution in [0.1, 0.15) is 5.56 Å². The van der Waals surface area contributed by atoms with Crippen molar-refractivity contribution >= 4 is 46.6 Å². The van der Waals surface area contributed by atoms with Gasteiger partial charge < -0.3 is 25.2 Å². The van der Waals surface area contributed by atoms with E-state index in [2.05, 4.69) is 15.4 Å². The Kier molecular flexibility index (Phi) is 7.06. The van der Waals surface area contributed by atoms with Gasteiger partial charge >= 0.3 is 18.2 Å². The van der Waals surface area contributed by atoms with E-state index < -0.39 is 29.3 Å². The van der Waals surface area contributed by atoms with Crippen LogP contribution in [0.2, 0.25) is 10.0 Å². The minimum absolute atomic E-state index is 0.0341. The van der Waals surface area contributed by atoms with E-state index in [1.807, 2.05) is 0 Å². The number of hydrogen-bond acceptors (Lipinski definition) is 5. The van der Waals surface area contributed by atoms with Crippen molar-refractivity contribution in [2.24, 2.45) is 0 Å². The van der Waals surface area contributed by atoms with Crippen molar-refractivity contribution in [3.8, 4) is 5.75 Å². The molecule has 2 aromatic rings. The predicted molar refractivity (Wildman–Crippen MR) is 104 cm³/mol. The predicted octanol–water partition coefficient (Wildman–Crippen LogP) is 4.57. The topological polar surface area (TPSA) is 96.9 Å². The number of esters is 1. The number of carbonyl (C=O) groups excluding carboxylic acids is 2. The second-order valence-corrected chi connectivity index (χ2v) is 6.64. The third kappa shape index (κ3) is 4.72. The van der Waals surface area contributed by atoms with Gasteiger partial charge in [-0.2, -0.15) is 13.2 Å². The Hall–Kier alpha value is -2.69. The molecule has 2 amide bonds. The summed E-state index contributed by atoms with van der Waals surface area (Å²) in [4.78, 5) is 23.8. The van der Waals surface area contributed by atoms with Gasteiger partial charge in [-0.25, -0.2) is 9.59 Å². The first-order chi connectivity index (χ1) is 13.9. The summed E-state index contributed by atoms with van der Waals surface area (Å²) in [6.45, 7) is 0. The van der Waals surface area contributed by atoms with Gasteiger partial charge in [0, 0.05) is 11.3 Å². The number of ether oxygens (including phenoxy) is 2. The number of aliphatic hydroxyl groups is 1. The van der Waals surface area contributed by atoms with E-state index in [-0.39, 0.29) is 21.5 Å². The van der Waals surface area contributed by atoms with Crippen LogP contribution in [0.25, 0.3) is 0 Å². The van der Waals surface area contributed by atoms with E-state index in [0.717, 1.165) is 25.3 Å². The molecular formula is C18H15Cl2F3N2O5. The fraction of sp³-hybridized carbons (Fsp3) is 0.222. The summed E-state index contributed by atoms with van der Waals surface area (Å²) in [5, 5.41) is 15.4. The average Bonchev–Trinajstić information content (AvgIpc) is 2.68. The van der Waals surface area contributed by atoms with Gasteiger partial charge in [-0.3, -0.25) is 0 Å². The van der Waals surface area contributed by atoms with Crippen molar-refractivity contribution in [1.82, 2.24) is 0 Å². The molecule has 1 atom stereocenters. The maximum absolute atomic E-state index is 13.4. The number of rotatable bonds is 5. The molecule has 0 spiro atoms. The Morgan fingerprint density at radius 1 is 1.00 bits per heavy atom. The van der Waals surface area contributed by atoms with Gasteiger partial charge in [0.05, 0.1) is 30.0 Å².